The Bertz CT molecular complexity index is 151. The van der Waals surface area contributed by atoms with E-state index in [-0.39, 0.29) is 5.97 Å². The van der Waals surface area contributed by atoms with Gasteiger partial charge in [0, 0.05) is 0 Å². The molecule has 4 nitrogen and oxygen atoms in total. The van der Waals surface area contributed by atoms with Crippen LogP contribution < -0.4 is 5.32 Å². The van der Waals surface area contributed by atoms with Crippen LogP contribution in [-0.4, -0.2) is 44.6 Å². The van der Waals surface area contributed by atoms with Crippen LogP contribution in [0.1, 0.15) is 6.42 Å². The highest BCUT2D eigenvalue weighted by Crippen LogP contribution is 1.78. The minimum Gasteiger partial charge on any atom is -0.469 e. The predicted octanol–water partition coefficient (Wildman–Crippen LogP) is -0.560. The number of hydrogen-bond acceptors (Lipinski definition) is 2. The Hall–Kier alpha value is -1.06. The summed E-state index contributed by atoms with van der Waals surface area (Å²) >= 11 is 0. The van der Waals surface area contributed by atoms with Gasteiger partial charge in [-0.3, -0.25) is 14.7 Å². The van der Waals surface area contributed by atoms with Gasteiger partial charge in [0.25, 0.3) is 0 Å². The van der Waals surface area contributed by atoms with Crippen molar-refractivity contribution >= 4 is 12.3 Å². The summed E-state index contributed by atoms with van der Waals surface area (Å²) in [6, 6.07) is 0. The zero-order chi connectivity index (χ0) is 8.69. The average Bonchev–Trinajstić information content (AvgIpc) is 1.97. The van der Waals surface area contributed by atoms with Crippen molar-refractivity contribution < 1.29 is 14.1 Å². The van der Waals surface area contributed by atoms with Crippen LogP contribution in [0.25, 0.3) is 0 Å². The smallest absolute Gasteiger partial charge is 0.309 e. The molecule has 11 heavy (non-hydrogen) atoms. The second kappa shape index (κ2) is 5.70. The molecule has 0 aromatic heterocycles. The molecule has 1 N–H and O–H groups in total. The van der Waals surface area contributed by atoms with Gasteiger partial charge < -0.3 is 4.74 Å². The molecule has 0 aliphatic carbocycles. The van der Waals surface area contributed by atoms with E-state index in [2.05, 4.69) is 10.1 Å². The summed E-state index contributed by atoms with van der Waals surface area (Å²) in [5, 5.41) is 2.95. The highest BCUT2D eigenvalue weighted by atomic mass is 16.5. The molecule has 0 saturated carbocycles. The van der Waals surface area contributed by atoms with E-state index in [1.807, 2.05) is 18.7 Å². The predicted molar refractivity (Wildman–Crippen MR) is 42.8 cm³/mol. The van der Waals surface area contributed by atoms with Crippen molar-refractivity contribution in [1.82, 2.24) is 5.32 Å². The lowest BCUT2D eigenvalue weighted by Crippen LogP contribution is -2.21. The topological polar surface area (TPSA) is 41.3 Å². The van der Waals surface area contributed by atoms with Gasteiger partial charge in [0.2, 0.25) is 6.34 Å². The number of carbonyl (C=O) groups excluding carboxylic acids is 1. The summed E-state index contributed by atoms with van der Waals surface area (Å²) < 4.78 is 6.32. The zero-order valence-corrected chi connectivity index (χ0v) is 7.26. The highest BCUT2D eigenvalue weighted by molar-refractivity contribution is 5.69. The summed E-state index contributed by atoms with van der Waals surface area (Å²) in [6.45, 7) is 0.616. The number of rotatable bonds is 4. The SMILES string of the molecule is COC(=O)CCNC=[N+](C)C. The van der Waals surface area contributed by atoms with Crippen LogP contribution in [0.5, 0.6) is 0 Å². The van der Waals surface area contributed by atoms with Crippen molar-refractivity contribution in [2.24, 2.45) is 0 Å². The molecular formula is C7H15N2O2+. The van der Waals surface area contributed by atoms with E-state index in [0.29, 0.717) is 13.0 Å². The number of carbonyl (C=O) groups is 1. The first-order chi connectivity index (χ1) is 5.16. The zero-order valence-electron chi connectivity index (χ0n) is 7.26. The van der Waals surface area contributed by atoms with E-state index >= 15 is 0 Å². The van der Waals surface area contributed by atoms with Crippen LogP contribution in [0.2, 0.25) is 0 Å². The summed E-state index contributed by atoms with van der Waals surface area (Å²) in [6.07, 6.45) is 2.20. The Morgan fingerprint density at radius 3 is 2.73 bits per heavy atom. The third-order valence-corrected chi connectivity index (χ3v) is 1.05. The quantitative estimate of drug-likeness (QED) is 0.196. The molecule has 0 amide bonds. The van der Waals surface area contributed by atoms with Gasteiger partial charge in [-0.15, -0.1) is 0 Å². The summed E-state index contributed by atoms with van der Waals surface area (Å²) in [5.41, 5.74) is 0. The summed E-state index contributed by atoms with van der Waals surface area (Å²) in [7, 11) is 5.20. The maximum atomic E-state index is 10.6. The fourth-order valence-corrected chi connectivity index (χ4v) is 0.523. The normalized spacial score (nSPS) is 8.64. The van der Waals surface area contributed by atoms with Crippen molar-refractivity contribution in [2.75, 3.05) is 27.7 Å². The maximum absolute atomic E-state index is 10.6. The standard InChI is InChI=1S/C7H14N2O2/c1-9(2)6-8-5-4-7(10)11-3/h6H,4-5H2,1-3H3/p+1. The van der Waals surface area contributed by atoms with Crippen LogP contribution in [0, 0.1) is 0 Å². The molecule has 0 atom stereocenters. The number of nitrogens with zero attached hydrogens (tertiary/aromatic N) is 1. The lowest BCUT2D eigenvalue weighted by molar-refractivity contribution is -0.461. The maximum Gasteiger partial charge on any atom is 0.309 e. The highest BCUT2D eigenvalue weighted by Gasteiger charge is 1.98. The number of hydrogen-bond donors (Lipinski definition) is 1. The number of methoxy groups -OCH3 is 1. The summed E-state index contributed by atoms with van der Waals surface area (Å²) in [5.74, 6) is -0.190. The minimum atomic E-state index is -0.190. The van der Waals surface area contributed by atoms with Gasteiger partial charge in [-0.1, -0.05) is 0 Å². The lowest BCUT2D eigenvalue weighted by atomic mass is 10.4. The van der Waals surface area contributed by atoms with Gasteiger partial charge >= 0.3 is 5.97 Å². The molecule has 64 valence electrons. The fraction of sp³-hybridized carbons (Fsp3) is 0.714. The Labute approximate surface area is 66.9 Å². The molecule has 0 bridgehead atoms. The van der Waals surface area contributed by atoms with Crippen molar-refractivity contribution in [3.8, 4) is 0 Å². The van der Waals surface area contributed by atoms with Crippen molar-refractivity contribution in [3.05, 3.63) is 0 Å². The van der Waals surface area contributed by atoms with E-state index in [9.17, 15) is 4.79 Å². The molecule has 0 aliphatic rings. The lowest BCUT2D eigenvalue weighted by Gasteiger charge is -1.95. The molecule has 0 radical (unpaired) electrons. The van der Waals surface area contributed by atoms with Crippen LogP contribution in [0.4, 0.5) is 0 Å². The van der Waals surface area contributed by atoms with Crippen LogP contribution in [0.15, 0.2) is 0 Å². The van der Waals surface area contributed by atoms with E-state index in [1.165, 1.54) is 7.11 Å². The van der Waals surface area contributed by atoms with Crippen LogP contribution in [-0.2, 0) is 9.53 Å². The second-order valence-corrected chi connectivity index (χ2v) is 2.37. The first kappa shape index (κ1) is 9.94. The van der Waals surface area contributed by atoms with Crippen molar-refractivity contribution in [2.45, 2.75) is 6.42 Å². The van der Waals surface area contributed by atoms with Gasteiger partial charge in [-0.05, 0) is 0 Å². The van der Waals surface area contributed by atoms with Crippen LogP contribution >= 0.6 is 0 Å². The van der Waals surface area contributed by atoms with Gasteiger partial charge in [0.15, 0.2) is 0 Å². The van der Waals surface area contributed by atoms with Gasteiger partial charge in [0.05, 0.1) is 34.2 Å². The molecule has 0 heterocycles. The van der Waals surface area contributed by atoms with E-state index < -0.39 is 0 Å². The molecule has 0 saturated heterocycles. The minimum absolute atomic E-state index is 0.190. The largest absolute Gasteiger partial charge is 0.469 e. The van der Waals surface area contributed by atoms with E-state index in [1.54, 1.807) is 6.34 Å². The Kier molecular flexibility index (Phi) is 5.15. The molecule has 0 fully saturated rings. The van der Waals surface area contributed by atoms with E-state index in [0.717, 1.165) is 0 Å². The van der Waals surface area contributed by atoms with Gasteiger partial charge in [-0.25, -0.2) is 0 Å². The number of ether oxygens (including phenoxy) is 1. The molecule has 0 rings (SSSR count). The summed E-state index contributed by atoms with van der Waals surface area (Å²) in [4.78, 5) is 10.6. The Balaban J connectivity index is 3.28. The first-order valence-corrected chi connectivity index (χ1v) is 3.46. The molecular weight excluding hydrogens is 144 g/mol. The van der Waals surface area contributed by atoms with Gasteiger partial charge in [-0.2, -0.15) is 0 Å². The third-order valence-electron chi connectivity index (χ3n) is 1.05. The Morgan fingerprint density at radius 1 is 1.64 bits per heavy atom. The molecule has 0 spiro atoms. The van der Waals surface area contributed by atoms with Crippen molar-refractivity contribution in [3.63, 3.8) is 0 Å². The average molecular weight is 159 g/mol. The fourth-order valence-electron chi connectivity index (χ4n) is 0.523. The molecule has 4 heteroatoms. The molecule has 0 aromatic rings. The Morgan fingerprint density at radius 2 is 2.27 bits per heavy atom. The number of esters is 1. The molecule has 0 aliphatic heterocycles. The van der Waals surface area contributed by atoms with Crippen LogP contribution in [0.3, 0.4) is 0 Å². The second-order valence-electron chi connectivity index (χ2n) is 2.37. The third kappa shape index (κ3) is 6.83. The first-order valence-electron chi connectivity index (χ1n) is 3.46. The molecule has 0 aromatic carbocycles. The van der Waals surface area contributed by atoms with Crippen molar-refractivity contribution in [1.29, 1.82) is 0 Å². The number of nitrogens with one attached hydrogen (secondary N) is 1. The van der Waals surface area contributed by atoms with Gasteiger partial charge in [0.1, 0.15) is 0 Å². The monoisotopic (exact) mass is 159 g/mol. The van der Waals surface area contributed by atoms with E-state index in [4.69, 9.17) is 0 Å². The molecule has 0 unspecified atom stereocenters.